The Morgan fingerprint density at radius 2 is 1.78 bits per heavy atom. The number of aryl methyl sites for hydroxylation is 1. The zero-order valence-electron chi connectivity index (χ0n) is 15.6. The molecule has 0 aliphatic rings. The van der Waals surface area contributed by atoms with Crippen LogP contribution in [0.5, 0.6) is 0 Å². The van der Waals surface area contributed by atoms with Gasteiger partial charge in [-0.3, -0.25) is 18.5 Å². The zero-order chi connectivity index (χ0) is 19.6. The first-order valence-electron chi connectivity index (χ1n) is 8.79. The molecule has 0 saturated carbocycles. The molecule has 0 fully saturated rings. The molecule has 2 aromatic heterocycles. The number of nitrogens with one attached hydrogen (secondary N) is 2. The van der Waals surface area contributed by atoms with Crippen molar-refractivity contribution in [1.29, 1.82) is 0 Å². The van der Waals surface area contributed by atoms with Gasteiger partial charge in [-0.05, 0) is 24.2 Å². The van der Waals surface area contributed by atoms with Crippen molar-refractivity contribution < 1.29 is 0 Å². The van der Waals surface area contributed by atoms with E-state index in [2.05, 4.69) is 31.5 Å². The summed E-state index contributed by atoms with van der Waals surface area (Å²) in [7, 11) is 3.11. The fraction of sp³-hybridized carbons (Fsp3) is 0.389. The third-order valence-electron chi connectivity index (χ3n) is 4.44. The smallest absolute Gasteiger partial charge is 0.332 e. The summed E-state index contributed by atoms with van der Waals surface area (Å²) in [4.78, 5) is 29.6. The second-order valence-corrected chi connectivity index (χ2v) is 7.22. The number of hydrogen-bond acceptors (Lipinski definition) is 5. The molecule has 144 valence electrons. The minimum Gasteiger partial charge on any atom is -0.354 e. The number of fused-ring (bicyclic) bond motifs is 1. The fourth-order valence-corrected chi connectivity index (χ4v) is 3.21. The Labute approximate surface area is 165 Å². The summed E-state index contributed by atoms with van der Waals surface area (Å²) in [5, 5.41) is 6.52. The van der Waals surface area contributed by atoms with E-state index in [1.807, 2.05) is 35.8 Å². The molecule has 0 spiro atoms. The van der Waals surface area contributed by atoms with Crippen molar-refractivity contribution in [2.45, 2.75) is 13.5 Å². The van der Waals surface area contributed by atoms with Gasteiger partial charge < -0.3 is 10.6 Å². The van der Waals surface area contributed by atoms with E-state index in [4.69, 9.17) is 0 Å². The molecule has 0 aliphatic heterocycles. The highest BCUT2D eigenvalue weighted by atomic mass is 79.9. The molecule has 0 aliphatic carbocycles. The Morgan fingerprint density at radius 1 is 1.07 bits per heavy atom. The third kappa shape index (κ3) is 3.84. The van der Waals surface area contributed by atoms with Crippen LogP contribution in [0.25, 0.3) is 11.2 Å². The third-order valence-corrected chi connectivity index (χ3v) is 4.97. The average molecular weight is 435 g/mol. The van der Waals surface area contributed by atoms with Gasteiger partial charge in [0.1, 0.15) is 0 Å². The van der Waals surface area contributed by atoms with Crippen molar-refractivity contribution in [3.8, 4) is 0 Å². The molecule has 27 heavy (non-hydrogen) atoms. The highest BCUT2D eigenvalue weighted by molar-refractivity contribution is 9.10. The molecule has 3 aromatic rings. The number of hydrogen-bond donors (Lipinski definition) is 2. The number of anilines is 1. The minimum atomic E-state index is -0.389. The molecule has 0 unspecified atom stereocenters. The predicted molar refractivity (Wildman–Crippen MR) is 110 cm³/mol. The number of halogens is 1. The van der Waals surface area contributed by atoms with Crippen LogP contribution in [0.1, 0.15) is 12.5 Å². The molecular formula is C18H23BrN6O2. The molecule has 0 amide bonds. The molecule has 0 atom stereocenters. The topological polar surface area (TPSA) is 85.9 Å². The summed E-state index contributed by atoms with van der Waals surface area (Å²) in [6, 6.07) is 7.90. The highest BCUT2D eigenvalue weighted by Crippen LogP contribution is 2.19. The molecule has 9 heteroatoms. The molecule has 1 aromatic carbocycles. The lowest BCUT2D eigenvalue weighted by Gasteiger charge is -2.11. The van der Waals surface area contributed by atoms with Gasteiger partial charge in [0.15, 0.2) is 11.2 Å². The molecule has 2 heterocycles. The summed E-state index contributed by atoms with van der Waals surface area (Å²) in [5.74, 6) is 0.573. The largest absolute Gasteiger partial charge is 0.354 e. The Morgan fingerprint density at radius 3 is 2.44 bits per heavy atom. The molecule has 8 nitrogen and oxygen atoms in total. The lowest BCUT2D eigenvalue weighted by atomic mass is 10.2. The average Bonchev–Trinajstić information content (AvgIpc) is 3.02. The van der Waals surface area contributed by atoms with E-state index in [-0.39, 0.29) is 11.2 Å². The summed E-state index contributed by atoms with van der Waals surface area (Å²) in [6.45, 7) is 4.83. The van der Waals surface area contributed by atoms with E-state index in [0.29, 0.717) is 30.2 Å². The van der Waals surface area contributed by atoms with Gasteiger partial charge in [-0.15, -0.1) is 0 Å². The Balaban J connectivity index is 2.12. The number of likely N-dealkylation sites (N-methyl/N-ethyl adjacent to an activating group) is 1. The van der Waals surface area contributed by atoms with Crippen LogP contribution < -0.4 is 21.9 Å². The van der Waals surface area contributed by atoms with Crippen molar-refractivity contribution in [2.24, 2.45) is 14.1 Å². The van der Waals surface area contributed by atoms with E-state index < -0.39 is 0 Å². The molecule has 3 rings (SSSR count). The summed E-state index contributed by atoms with van der Waals surface area (Å²) in [6.07, 6.45) is 0. The monoisotopic (exact) mass is 434 g/mol. The SMILES string of the molecule is CCNCCNc1nc2c(c(=O)n(C)c(=O)n2C)n1Cc1ccc(Br)cc1. The fourth-order valence-electron chi connectivity index (χ4n) is 2.95. The van der Waals surface area contributed by atoms with Crippen LogP contribution >= 0.6 is 15.9 Å². The van der Waals surface area contributed by atoms with Crippen LogP contribution in [0, 0.1) is 0 Å². The number of benzene rings is 1. The number of rotatable bonds is 7. The van der Waals surface area contributed by atoms with Crippen LogP contribution in [0.15, 0.2) is 38.3 Å². The molecular weight excluding hydrogens is 412 g/mol. The first-order chi connectivity index (χ1) is 12.9. The van der Waals surface area contributed by atoms with Gasteiger partial charge in [0, 0.05) is 31.7 Å². The Kier molecular flexibility index (Phi) is 5.81. The second-order valence-electron chi connectivity index (χ2n) is 6.31. The first kappa shape index (κ1) is 19.4. The van der Waals surface area contributed by atoms with Gasteiger partial charge in [0.05, 0.1) is 6.54 Å². The number of nitrogens with zero attached hydrogens (tertiary/aromatic N) is 4. The van der Waals surface area contributed by atoms with Gasteiger partial charge >= 0.3 is 5.69 Å². The second kappa shape index (κ2) is 8.10. The van der Waals surface area contributed by atoms with Gasteiger partial charge in [-0.25, -0.2) is 4.79 Å². The highest BCUT2D eigenvalue weighted by Gasteiger charge is 2.19. The lowest BCUT2D eigenvalue weighted by molar-refractivity contribution is 0.702. The maximum absolute atomic E-state index is 12.8. The van der Waals surface area contributed by atoms with Crippen LogP contribution in [0.2, 0.25) is 0 Å². The van der Waals surface area contributed by atoms with Crippen LogP contribution in [0.3, 0.4) is 0 Å². The summed E-state index contributed by atoms with van der Waals surface area (Å²) < 4.78 is 5.35. The van der Waals surface area contributed by atoms with Crippen molar-refractivity contribution in [3.05, 3.63) is 55.1 Å². The van der Waals surface area contributed by atoms with Crippen molar-refractivity contribution in [3.63, 3.8) is 0 Å². The predicted octanol–water partition coefficient (Wildman–Crippen LogP) is 1.27. The maximum Gasteiger partial charge on any atom is 0.332 e. The van der Waals surface area contributed by atoms with Crippen LogP contribution in [0.4, 0.5) is 5.95 Å². The molecule has 2 N–H and O–H groups in total. The van der Waals surface area contributed by atoms with E-state index in [1.54, 1.807) is 7.05 Å². The van der Waals surface area contributed by atoms with Crippen LogP contribution in [-0.2, 0) is 20.6 Å². The molecule has 0 saturated heterocycles. The summed E-state index contributed by atoms with van der Waals surface area (Å²) in [5.41, 5.74) is 1.08. The van der Waals surface area contributed by atoms with Crippen molar-refractivity contribution in [2.75, 3.05) is 25.0 Å². The standard InChI is InChI=1S/C18H23BrN6O2/c1-4-20-9-10-21-17-22-15-14(16(26)24(3)18(27)23(15)2)25(17)11-12-5-7-13(19)8-6-12/h5-8,20H,4,9-11H2,1-3H3,(H,21,22). The number of imidazole rings is 1. The lowest BCUT2D eigenvalue weighted by Crippen LogP contribution is -2.37. The first-order valence-corrected chi connectivity index (χ1v) is 9.58. The molecule has 0 bridgehead atoms. The van der Waals surface area contributed by atoms with Gasteiger partial charge in [0.2, 0.25) is 5.95 Å². The van der Waals surface area contributed by atoms with E-state index in [0.717, 1.165) is 27.7 Å². The quantitative estimate of drug-likeness (QED) is 0.546. The van der Waals surface area contributed by atoms with Crippen molar-refractivity contribution in [1.82, 2.24) is 24.0 Å². The van der Waals surface area contributed by atoms with Gasteiger partial charge in [-0.1, -0.05) is 35.0 Å². The normalized spacial score (nSPS) is 11.3. The van der Waals surface area contributed by atoms with E-state index in [1.165, 1.54) is 11.6 Å². The van der Waals surface area contributed by atoms with E-state index >= 15 is 0 Å². The zero-order valence-corrected chi connectivity index (χ0v) is 17.2. The molecule has 0 radical (unpaired) electrons. The Bertz CT molecular complexity index is 1060. The Hall–Kier alpha value is -2.39. The van der Waals surface area contributed by atoms with Crippen LogP contribution in [-0.4, -0.2) is 38.3 Å². The number of aromatic nitrogens is 4. The minimum absolute atomic E-state index is 0.350. The summed E-state index contributed by atoms with van der Waals surface area (Å²) >= 11 is 3.44. The maximum atomic E-state index is 12.8. The van der Waals surface area contributed by atoms with E-state index in [9.17, 15) is 9.59 Å². The van der Waals surface area contributed by atoms with Crippen molar-refractivity contribution >= 4 is 33.0 Å². The van der Waals surface area contributed by atoms with Gasteiger partial charge in [0.25, 0.3) is 5.56 Å². The van der Waals surface area contributed by atoms with Gasteiger partial charge in [-0.2, -0.15) is 4.98 Å².